The van der Waals surface area contributed by atoms with E-state index in [2.05, 4.69) is 24.0 Å². The number of benzene rings is 1. The number of hydrogen-bond donors (Lipinski definition) is 0. The third kappa shape index (κ3) is 1.89. The minimum Gasteiger partial charge on any atom is -0.276 e. The van der Waals surface area contributed by atoms with Crippen LogP contribution in [0, 0.1) is 6.92 Å². The Bertz CT molecular complexity index is 581. The number of nitrogens with zero attached hydrogens (tertiary/aromatic N) is 2. The molecule has 3 heteroatoms. The smallest absolute Gasteiger partial charge is 0.242 e. The molecule has 1 saturated carbocycles. The number of hydrogen-bond acceptors (Lipinski definition) is 2. The predicted octanol–water partition coefficient (Wildman–Crippen LogP) is 3.34. The zero-order valence-electron chi connectivity index (χ0n) is 11.2. The van der Waals surface area contributed by atoms with E-state index in [-0.39, 0.29) is 11.3 Å². The van der Waals surface area contributed by atoms with Crippen LogP contribution >= 0.6 is 0 Å². The third-order valence-corrected chi connectivity index (χ3v) is 4.27. The molecular weight excluding hydrogens is 236 g/mol. The third-order valence-electron chi connectivity index (χ3n) is 4.27. The van der Waals surface area contributed by atoms with Crippen molar-refractivity contribution in [2.24, 2.45) is 0 Å². The molecule has 0 aliphatic heterocycles. The molecule has 0 N–H and O–H groups in total. The lowest BCUT2D eigenvalue weighted by Gasteiger charge is -2.29. The van der Waals surface area contributed by atoms with Gasteiger partial charge in [-0.2, -0.15) is 0 Å². The van der Waals surface area contributed by atoms with Crippen LogP contribution in [0.25, 0.3) is 0 Å². The molecule has 0 radical (unpaired) electrons. The highest BCUT2D eigenvalue weighted by Crippen LogP contribution is 2.43. The molecule has 3 rings (SSSR count). The molecule has 3 nitrogen and oxygen atoms in total. The Morgan fingerprint density at radius 3 is 2.63 bits per heavy atom. The SMILES string of the molecule is Cc1ccccc1C1(C(=O)n2ccnc2)CCCC1. The fraction of sp³-hybridized carbons (Fsp3) is 0.375. The van der Waals surface area contributed by atoms with Gasteiger partial charge in [0, 0.05) is 12.4 Å². The predicted molar refractivity (Wildman–Crippen MR) is 74.2 cm³/mol. The monoisotopic (exact) mass is 254 g/mol. The largest absolute Gasteiger partial charge is 0.276 e. The summed E-state index contributed by atoms with van der Waals surface area (Å²) in [6.07, 6.45) is 9.15. The standard InChI is InChI=1S/C16H18N2O/c1-13-6-2-3-7-14(13)16(8-4-5-9-16)15(19)18-11-10-17-12-18/h2-3,6-7,10-12H,4-5,8-9H2,1H3. The van der Waals surface area contributed by atoms with Crippen molar-refractivity contribution in [2.75, 3.05) is 0 Å². The van der Waals surface area contributed by atoms with Crippen LogP contribution in [0.1, 0.15) is 41.6 Å². The first-order chi connectivity index (χ1) is 9.24. The summed E-state index contributed by atoms with van der Waals surface area (Å²) in [5, 5.41) is 0. The Kier molecular flexibility index (Phi) is 2.97. The van der Waals surface area contributed by atoms with Gasteiger partial charge in [-0.25, -0.2) is 4.98 Å². The second kappa shape index (κ2) is 4.65. The van der Waals surface area contributed by atoms with Gasteiger partial charge >= 0.3 is 0 Å². The average Bonchev–Trinajstić information content (AvgIpc) is 3.11. The minimum atomic E-state index is -0.355. The lowest BCUT2D eigenvalue weighted by atomic mass is 9.76. The number of carbonyl (C=O) groups excluding carboxylic acids is 1. The van der Waals surface area contributed by atoms with Crippen molar-refractivity contribution in [1.82, 2.24) is 9.55 Å². The Morgan fingerprint density at radius 2 is 2.00 bits per heavy atom. The van der Waals surface area contributed by atoms with E-state index in [0.717, 1.165) is 25.7 Å². The second-order valence-electron chi connectivity index (χ2n) is 5.38. The summed E-state index contributed by atoms with van der Waals surface area (Å²) in [5.74, 6) is 0.164. The molecule has 1 fully saturated rings. The highest BCUT2D eigenvalue weighted by atomic mass is 16.2. The first-order valence-electron chi connectivity index (χ1n) is 6.83. The molecular formula is C16H18N2O. The summed E-state index contributed by atoms with van der Waals surface area (Å²) in [4.78, 5) is 16.9. The molecule has 0 unspecified atom stereocenters. The van der Waals surface area contributed by atoms with Gasteiger partial charge in [-0.05, 0) is 30.9 Å². The fourth-order valence-electron chi connectivity index (χ4n) is 3.31. The minimum absolute atomic E-state index is 0.164. The van der Waals surface area contributed by atoms with Crippen LogP contribution in [0.5, 0.6) is 0 Å². The van der Waals surface area contributed by atoms with Crippen LogP contribution in [-0.2, 0) is 5.41 Å². The molecule has 1 aliphatic rings. The average molecular weight is 254 g/mol. The fourth-order valence-corrected chi connectivity index (χ4v) is 3.31. The molecule has 1 aromatic carbocycles. The van der Waals surface area contributed by atoms with Crippen molar-refractivity contribution in [3.63, 3.8) is 0 Å². The van der Waals surface area contributed by atoms with Gasteiger partial charge in [-0.1, -0.05) is 37.1 Å². The molecule has 0 bridgehead atoms. The highest BCUT2D eigenvalue weighted by Gasteiger charge is 2.44. The van der Waals surface area contributed by atoms with Crippen molar-refractivity contribution in [1.29, 1.82) is 0 Å². The van der Waals surface area contributed by atoms with Crippen LogP contribution in [0.15, 0.2) is 43.0 Å². The van der Waals surface area contributed by atoms with Gasteiger partial charge in [0.15, 0.2) is 0 Å². The van der Waals surface area contributed by atoms with Crippen molar-refractivity contribution in [3.05, 3.63) is 54.1 Å². The first kappa shape index (κ1) is 12.2. The second-order valence-corrected chi connectivity index (χ2v) is 5.38. The summed E-state index contributed by atoms with van der Waals surface area (Å²) in [7, 11) is 0. The molecule has 2 aromatic rings. The topological polar surface area (TPSA) is 34.9 Å². The molecule has 0 atom stereocenters. The maximum atomic E-state index is 12.9. The quantitative estimate of drug-likeness (QED) is 0.823. The van der Waals surface area contributed by atoms with E-state index in [1.807, 2.05) is 12.1 Å². The van der Waals surface area contributed by atoms with Gasteiger partial charge in [0.25, 0.3) is 0 Å². The number of carbonyl (C=O) groups is 1. The maximum Gasteiger partial charge on any atom is 0.242 e. The Hall–Kier alpha value is -1.90. The number of imidazole rings is 1. The van der Waals surface area contributed by atoms with E-state index >= 15 is 0 Å². The molecule has 0 saturated heterocycles. The highest BCUT2D eigenvalue weighted by molar-refractivity contribution is 5.90. The van der Waals surface area contributed by atoms with E-state index in [0.29, 0.717) is 0 Å². The summed E-state index contributed by atoms with van der Waals surface area (Å²) in [5.41, 5.74) is 2.04. The van der Waals surface area contributed by atoms with Crippen LogP contribution in [0.4, 0.5) is 0 Å². The van der Waals surface area contributed by atoms with E-state index in [9.17, 15) is 4.79 Å². The van der Waals surface area contributed by atoms with Crippen LogP contribution in [0.2, 0.25) is 0 Å². The van der Waals surface area contributed by atoms with E-state index in [4.69, 9.17) is 0 Å². The van der Waals surface area contributed by atoms with Gasteiger partial charge in [-0.15, -0.1) is 0 Å². The normalized spacial score (nSPS) is 17.5. The molecule has 0 amide bonds. The van der Waals surface area contributed by atoms with Crippen molar-refractivity contribution in [2.45, 2.75) is 38.0 Å². The van der Waals surface area contributed by atoms with Crippen molar-refractivity contribution >= 4 is 5.91 Å². The molecule has 1 aliphatic carbocycles. The maximum absolute atomic E-state index is 12.9. The zero-order chi connectivity index (χ0) is 13.3. The van der Waals surface area contributed by atoms with E-state index in [1.54, 1.807) is 23.3 Å². The van der Waals surface area contributed by atoms with Gasteiger partial charge in [0.05, 0.1) is 5.41 Å². The van der Waals surface area contributed by atoms with E-state index < -0.39 is 0 Å². The first-order valence-corrected chi connectivity index (χ1v) is 6.83. The number of aromatic nitrogens is 2. The molecule has 1 aromatic heterocycles. The zero-order valence-corrected chi connectivity index (χ0v) is 11.2. The van der Waals surface area contributed by atoms with Gasteiger partial charge in [0.2, 0.25) is 5.91 Å². The molecule has 0 spiro atoms. The molecule has 98 valence electrons. The van der Waals surface area contributed by atoms with Gasteiger partial charge < -0.3 is 0 Å². The lowest BCUT2D eigenvalue weighted by Crippen LogP contribution is -2.37. The number of aryl methyl sites for hydroxylation is 1. The number of rotatable bonds is 2. The Morgan fingerprint density at radius 1 is 1.26 bits per heavy atom. The summed E-state index contributed by atoms with van der Waals surface area (Å²) in [6.45, 7) is 2.09. The van der Waals surface area contributed by atoms with E-state index in [1.165, 1.54) is 11.1 Å². The van der Waals surface area contributed by atoms with Crippen molar-refractivity contribution < 1.29 is 4.79 Å². The molecule has 1 heterocycles. The van der Waals surface area contributed by atoms with Crippen LogP contribution < -0.4 is 0 Å². The summed E-state index contributed by atoms with van der Waals surface area (Å²) in [6, 6.07) is 8.26. The molecule has 19 heavy (non-hydrogen) atoms. The summed E-state index contributed by atoms with van der Waals surface area (Å²) >= 11 is 0. The van der Waals surface area contributed by atoms with Crippen LogP contribution in [0.3, 0.4) is 0 Å². The van der Waals surface area contributed by atoms with Crippen LogP contribution in [-0.4, -0.2) is 15.5 Å². The summed E-state index contributed by atoms with van der Waals surface area (Å²) < 4.78 is 1.64. The van der Waals surface area contributed by atoms with Gasteiger partial charge in [0.1, 0.15) is 6.33 Å². The Labute approximate surface area is 113 Å². The van der Waals surface area contributed by atoms with Crippen molar-refractivity contribution in [3.8, 4) is 0 Å². The van der Waals surface area contributed by atoms with Gasteiger partial charge in [-0.3, -0.25) is 9.36 Å². The lowest BCUT2D eigenvalue weighted by molar-refractivity contribution is 0.0796. The Balaban J connectivity index is 2.10.